The topological polar surface area (TPSA) is 126 Å². The van der Waals surface area contributed by atoms with E-state index in [9.17, 15) is 27.8 Å². The summed E-state index contributed by atoms with van der Waals surface area (Å²) < 4.78 is 61.6. The predicted molar refractivity (Wildman–Crippen MR) is 132 cm³/mol. The van der Waals surface area contributed by atoms with Crippen molar-refractivity contribution < 1.29 is 32.5 Å². The van der Waals surface area contributed by atoms with E-state index in [1.165, 1.54) is 29.1 Å². The normalized spacial score (nSPS) is 17.6. The second-order valence-corrected chi connectivity index (χ2v) is 9.04. The molecule has 0 bridgehead atoms. The van der Waals surface area contributed by atoms with E-state index in [1.54, 1.807) is 37.4 Å². The number of nitrogens with one attached hydrogen (secondary N) is 1. The molecule has 4 aromatic rings. The lowest BCUT2D eigenvalue weighted by Crippen LogP contribution is -2.47. The molecule has 0 aliphatic carbocycles. The molecular formula is C24H24F4N8O3. The SMILES string of the molecule is COc1cc(Nc2nc(-c3ccc(N4CC[C@](O)(C(F)(F)F)C4)nc3)nn2C)ccc1-c1cn(CO)nc1F. The summed E-state index contributed by atoms with van der Waals surface area (Å²) in [6, 6.07) is 8.18. The number of anilines is 3. The van der Waals surface area contributed by atoms with Crippen LogP contribution in [0.25, 0.3) is 22.5 Å². The largest absolute Gasteiger partial charge is 0.496 e. The monoisotopic (exact) mass is 548 g/mol. The zero-order valence-corrected chi connectivity index (χ0v) is 20.8. The third kappa shape index (κ3) is 4.97. The molecule has 1 aromatic carbocycles. The first-order valence-electron chi connectivity index (χ1n) is 11.7. The number of aryl methyl sites for hydroxylation is 1. The van der Waals surface area contributed by atoms with Crippen LogP contribution in [0.1, 0.15) is 6.42 Å². The summed E-state index contributed by atoms with van der Waals surface area (Å²) in [6.45, 7) is -1.03. The molecule has 1 saturated heterocycles. The average molecular weight is 549 g/mol. The number of nitrogens with zero attached hydrogens (tertiary/aromatic N) is 7. The third-order valence-corrected chi connectivity index (χ3v) is 6.48. The molecule has 0 radical (unpaired) electrons. The van der Waals surface area contributed by atoms with Crippen molar-refractivity contribution in [2.24, 2.45) is 7.05 Å². The molecule has 0 saturated carbocycles. The van der Waals surface area contributed by atoms with E-state index in [-0.39, 0.29) is 12.1 Å². The van der Waals surface area contributed by atoms with Gasteiger partial charge < -0.3 is 25.2 Å². The quantitative estimate of drug-likeness (QED) is 0.299. The summed E-state index contributed by atoms with van der Waals surface area (Å²) in [7, 11) is 3.12. The highest BCUT2D eigenvalue weighted by Gasteiger charge is 2.57. The molecule has 4 heterocycles. The van der Waals surface area contributed by atoms with Gasteiger partial charge in [-0.25, -0.2) is 14.3 Å². The number of rotatable bonds is 7. The average Bonchev–Trinajstić information content (AvgIpc) is 3.61. The van der Waals surface area contributed by atoms with Crippen LogP contribution in [0.2, 0.25) is 0 Å². The van der Waals surface area contributed by atoms with Gasteiger partial charge in [-0.15, -0.1) is 10.2 Å². The molecule has 0 unspecified atom stereocenters. The Morgan fingerprint density at radius 2 is 1.95 bits per heavy atom. The van der Waals surface area contributed by atoms with Gasteiger partial charge in [-0.2, -0.15) is 22.5 Å². The van der Waals surface area contributed by atoms with Gasteiger partial charge in [0.1, 0.15) is 18.3 Å². The first-order chi connectivity index (χ1) is 18.5. The maximum absolute atomic E-state index is 14.3. The van der Waals surface area contributed by atoms with E-state index in [4.69, 9.17) is 4.74 Å². The number of halogens is 4. The smallest absolute Gasteiger partial charge is 0.418 e. The number of β-amino-alcohol motifs (C(OH)–C–C–N with tert-alkyl or cyclic N) is 1. The Morgan fingerprint density at radius 1 is 1.15 bits per heavy atom. The van der Waals surface area contributed by atoms with Crippen LogP contribution in [0.15, 0.2) is 42.7 Å². The van der Waals surface area contributed by atoms with Gasteiger partial charge in [0.15, 0.2) is 11.4 Å². The van der Waals surface area contributed by atoms with Gasteiger partial charge in [-0.05, 0) is 24.3 Å². The lowest BCUT2D eigenvalue weighted by Gasteiger charge is -2.26. The van der Waals surface area contributed by atoms with Gasteiger partial charge in [0.2, 0.25) is 11.9 Å². The van der Waals surface area contributed by atoms with E-state index in [0.29, 0.717) is 40.2 Å². The van der Waals surface area contributed by atoms with Crippen LogP contribution in [0.3, 0.4) is 0 Å². The molecular weight excluding hydrogens is 524 g/mol. The van der Waals surface area contributed by atoms with Crippen molar-refractivity contribution in [2.45, 2.75) is 24.9 Å². The lowest BCUT2D eigenvalue weighted by molar-refractivity contribution is -0.250. The zero-order valence-electron chi connectivity index (χ0n) is 20.8. The molecule has 11 nitrogen and oxygen atoms in total. The minimum absolute atomic E-state index is 0.0247. The fourth-order valence-corrected chi connectivity index (χ4v) is 4.31. The van der Waals surface area contributed by atoms with E-state index < -0.39 is 37.4 Å². The van der Waals surface area contributed by atoms with Gasteiger partial charge in [-0.1, -0.05) is 0 Å². The van der Waals surface area contributed by atoms with Crippen molar-refractivity contribution in [3.05, 3.63) is 48.7 Å². The third-order valence-electron chi connectivity index (χ3n) is 6.48. The molecule has 15 heteroatoms. The summed E-state index contributed by atoms with van der Waals surface area (Å²) in [5.74, 6) is 0.618. The number of benzene rings is 1. The minimum atomic E-state index is -4.72. The molecule has 1 aliphatic heterocycles. The van der Waals surface area contributed by atoms with Crippen LogP contribution in [-0.2, 0) is 13.8 Å². The standard InChI is InChI=1S/C24H24F4N8O3/c1-34-22(30-15-4-5-16(18(9-15)39-2)17-11-36(13-37)32-20(17)25)31-21(33-34)14-3-6-19(29-10-14)35-8-7-23(38,12-35)24(26,27)28/h3-6,9-11,37-38H,7-8,12-13H2,1-2H3,(H,30,31,33)/t23-/m1/s1. The Kier molecular flexibility index (Phi) is 6.64. The maximum Gasteiger partial charge on any atom is 0.418 e. The van der Waals surface area contributed by atoms with Crippen molar-refractivity contribution in [2.75, 3.05) is 30.4 Å². The summed E-state index contributed by atoms with van der Waals surface area (Å²) in [5, 5.41) is 30.2. The van der Waals surface area contributed by atoms with Crippen LogP contribution < -0.4 is 15.0 Å². The Morgan fingerprint density at radius 3 is 2.56 bits per heavy atom. The highest BCUT2D eigenvalue weighted by molar-refractivity contribution is 5.74. The van der Waals surface area contributed by atoms with E-state index >= 15 is 0 Å². The summed E-state index contributed by atoms with van der Waals surface area (Å²) >= 11 is 0. The van der Waals surface area contributed by atoms with Gasteiger partial charge in [-0.3, -0.25) is 0 Å². The van der Waals surface area contributed by atoms with Crippen LogP contribution in [0.4, 0.5) is 35.0 Å². The van der Waals surface area contributed by atoms with Crippen LogP contribution in [0, 0.1) is 5.95 Å². The fourth-order valence-electron chi connectivity index (χ4n) is 4.31. The number of methoxy groups -OCH3 is 1. The Bertz CT molecular complexity index is 1490. The number of ether oxygens (including phenoxy) is 1. The molecule has 1 atom stereocenters. The minimum Gasteiger partial charge on any atom is -0.496 e. The van der Waals surface area contributed by atoms with E-state index in [0.717, 1.165) is 4.68 Å². The Labute approximate surface area is 219 Å². The molecule has 3 aromatic heterocycles. The number of alkyl halides is 3. The zero-order chi connectivity index (χ0) is 27.9. The van der Waals surface area contributed by atoms with Crippen molar-refractivity contribution in [3.8, 4) is 28.3 Å². The van der Waals surface area contributed by atoms with Gasteiger partial charge in [0.05, 0.1) is 19.2 Å². The maximum atomic E-state index is 14.3. The molecule has 1 aliphatic rings. The summed E-state index contributed by atoms with van der Waals surface area (Å²) in [5.41, 5.74) is -1.03. The number of aliphatic hydroxyl groups excluding tert-OH is 1. The van der Waals surface area contributed by atoms with Crippen molar-refractivity contribution in [3.63, 3.8) is 0 Å². The Balaban J connectivity index is 1.32. The van der Waals surface area contributed by atoms with Crippen molar-refractivity contribution >= 4 is 17.5 Å². The highest BCUT2D eigenvalue weighted by Crippen LogP contribution is 2.39. The first kappa shape index (κ1) is 26.4. The molecule has 0 spiro atoms. The lowest BCUT2D eigenvalue weighted by atomic mass is 10.0. The number of hydrogen-bond donors (Lipinski definition) is 3. The van der Waals surface area contributed by atoms with Gasteiger partial charge >= 0.3 is 6.18 Å². The molecule has 3 N–H and O–H groups in total. The second-order valence-electron chi connectivity index (χ2n) is 9.04. The predicted octanol–water partition coefficient (Wildman–Crippen LogP) is 3.09. The first-order valence-corrected chi connectivity index (χ1v) is 11.7. The van der Waals surface area contributed by atoms with E-state index in [2.05, 4.69) is 25.5 Å². The Hall–Kier alpha value is -4.24. The van der Waals surface area contributed by atoms with Crippen LogP contribution in [0.5, 0.6) is 5.75 Å². The number of pyridine rings is 1. The molecule has 39 heavy (non-hydrogen) atoms. The highest BCUT2D eigenvalue weighted by atomic mass is 19.4. The van der Waals surface area contributed by atoms with Crippen LogP contribution in [-0.4, -0.2) is 71.7 Å². The summed E-state index contributed by atoms with van der Waals surface area (Å²) in [6.07, 6.45) is -2.32. The number of aromatic nitrogens is 6. The molecule has 1 fully saturated rings. The number of hydrogen-bond acceptors (Lipinski definition) is 9. The van der Waals surface area contributed by atoms with Crippen molar-refractivity contribution in [1.82, 2.24) is 29.5 Å². The van der Waals surface area contributed by atoms with Crippen molar-refractivity contribution in [1.29, 1.82) is 0 Å². The van der Waals surface area contributed by atoms with Gasteiger partial charge in [0, 0.05) is 55.3 Å². The summed E-state index contributed by atoms with van der Waals surface area (Å²) in [4.78, 5) is 10.1. The van der Waals surface area contributed by atoms with Gasteiger partial charge in [0.25, 0.3) is 0 Å². The fraction of sp³-hybridized carbons (Fsp3) is 0.333. The molecule has 5 rings (SSSR count). The molecule has 206 valence electrons. The van der Waals surface area contributed by atoms with Crippen LogP contribution >= 0.6 is 0 Å². The second kappa shape index (κ2) is 9.81. The molecule has 0 amide bonds. The van der Waals surface area contributed by atoms with E-state index in [1.807, 2.05) is 0 Å². The number of aliphatic hydroxyl groups is 2.